The molecule has 0 heterocycles. The van der Waals surface area contributed by atoms with Gasteiger partial charge in [-0.3, -0.25) is 41.0 Å². The average Bonchev–Trinajstić information content (AvgIpc) is 3.08. The molecule has 75 heavy (non-hydrogen) atoms. The van der Waals surface area contributed by atoms with Crippen LogP contribution in [-0.4, -0.2) is 159 Å². The van der Waals surface area contributed by atoms with E-state index in [1.54, 1.807) is 0 Å². The Morgan fingerprint density at radius 3 is 0.800 bits per heavy atom. The molecular formula is C24H49NaO40S10. The standard InChI is InChI=1S/C24H50O40S10.Na/c1-2-3-4-5-6-7-8-9-10-11-12-13-14-15-16-17-18-19-20(55-65(25,26)27)21(56-66(28,29)30,57-67(31,32)33)22(58-68(34,35)36,59-69(37,38)39)23(60-70(40,41)42,61-71(43,44)45)24(62-72(46,47)48,63-73(49,50)51)64-74(52,53)54;/h20H,2-19H2,1H3,(H,25,26,27)(H,28,29,30)(H,31,32,33)(H,34,35,36)(H,37,38,39)(H,40,41,42)(H,43,44,45)(H,46,47,48)(H,49,50,51)(H,52,53,54);/q;+1/p-1. The molecule has 0 saturated heterocycles. The normalized spacial score (nSPS) is 15.8. The average molecular weight is 1320 g/mol. The molecule has 2 unspecified atom stereocenters. The van der Waals surface area contributed by atoms with Crippen LogP contribution in [0.3, 0.4) is 0 Å². The molecule has 9 N–H and O–H groups in total. The van der Waals surface area contributed by atoms with E-state index in [0.717, 1.165) is 64.2 Å². The van der Waals surface area contributed by atoms with Crippen LogP contribution in [0.1, 0.15) is 122 Å². The van der Waals surface area contributed by atoms with Gasteiger partial charge in [-0.05, 0) is 6.42 Å². The molecule has 0 aromatic rings. The minimum atomic E-state index is -8.31. The molecule has 0 aliphatic carbocycles. The van der Waals surface area contributed by atoms with Crippen LogP contribution in [0.5, 0.6) is 0 Å². The molecule has 2 atom stereocenters. The van der Waals surface area contributed by atoms with E-state index >= 15 is 0 Å². The maximum absolute atomic E-state index is 12.8. The Labute approximate surface area is 453 Å². The van der Waals surface area contributed by atoms with E-state index in [4.69, 9.17) is 0 Å². The summed E-state index contributed by atoms with van der Waals surface area (Å²) in [6.45, 7) is 2.07. The molecule has 51 heteroatoms. The minimum Gasteiger partial charge on any atom is -0.725 e. The van der Waals surface area contributed by atoms with Crippen LogP contribution in [0.15, 0.2) is 0 Å². The second-order valence-electron chi connectivity index (χ2n) is 14.5. The van der Waals surface area contributed by atoms with Gasteiger partial charge in [0.25, 0.3) is 5.79 Å². The Morgan fingerprint density at radius 2 is 0.573 bits per heavy atom. The fourth-order valence-electron chi connectivity index (χ4n) is 6.37. The molecule has 0 aliphatic rings. The Kier molecular flexibility index (Phi) is 30.3. The Balaban J connectivity index is 0. The predicted molar refractivity (Wildman–Crippen MR) is 228 cm³/mol. The van der Waals surface area contributed by atoms with Gasteiger partial charge in [-0.15, -0.1) is 0 Å². The van der Waals surface area contributed by atoms with Gasteiger partial charge in [0, 0.05) is 0 Å². The Bertz CT molecular complexity index is 2810. The predicted octanol–water partition coefficient (Wildman–Crippen LogP) is -4.01. The molecule has 0 aromatic carbocycles. The van der Waals surface area contributed by atoms with Crippen molar-refractivity contribution in [1.82, 2.24) is 0 Å². The molecule has 0 radical (unpaired) electrons. The van der Waals surface area contributed by atoms with E-state index in [2.05, 4.69) is 48.8 Å². The van der Waals surface area contributed by atoms with E-state index in [9.17, 15) is 130 Å². The fraction of sp³-hybridized carbons (Fsp3) is 1.00. The Morgan fingerprint density at radius 1 is 0.333 bits per heavy atom. The summed E-state index contributed by atoms with van der Waals surface area (Å²) in [5.74, 6) is -30.2. The summed E-state index contributed by atoms with van der Waals surface area (Å²) in [5.41, 5.74) is 0. The molecule has 446 valence electrons. The number of unbranched alkanes of at least 4 members (excludes halogenated alkanes) is 16. The van der Waals surface area contributed by atoms with Gasteiger partial charge in [0.2, 0.25) is 10.4 Å². The molecule has 0 saturated carbocycles. The molecule has 0 bridgehead atoms. The van der Waals surface area contributed by atoms with Crippen LogP contribution in [0, 0.1) is 0 Å². The summed E-state index contributed by atoms with van der Waals surface area (Å²) in [4.78, 5) is 0. The van der Waals surface area contributed by atoms with Crippen molar-refractivity contribution in [2.24, 2.45) is 0 Å². The van der Waals surface area contributed by atoms with Crippen LogP contribution in [0.4, 0.5) is 0 Å². The maximum atomic E-state index is 12.8. The third kappa shape index (κ3) is 30.9. The van der Waals surface area contributed by atoms with Crippen molar-refractivity contribution in [2.75, 3.05) is 0 Å². The van der Waals surface area contributed by atoms with E-state index < -0.39 is 153 Å². The van der Waals surface area contributed by atoms with Crippen molar-refractivity contribution in [1.29, 1.82) is 0 Å². The zero-order chi connectivity index (χ0) is 58.4. The van der Waals surface area contributed by atoms with Gasteiger partial charge in [-0.1, -0.05) is 116 Å². The molecule has 0 aromatic heterocycles. The number of rotatable bonds is 42. The third-order valence-electron chi connectivity index (χ3n) is 8.52. The first-order valence-electron chi connectivity index (χ1n) is 19.5. The summed E-state index contributed by atoms with van der Waals surface area (Å²) in [5, 5.41) is 0. The van der Waals surface area contributed by atoms with Gasteiger partial charge in [0.05, 0.1) is 0 Å². The van der Waals surface area contributed by atoms with Gasteiger partial charge in [-0.25, -0.2) is 25.2 Å². The van der Waals surface area contributed by atoms with Gasteiger partial charge in [0.1, 0.15) is 6.10 Å². The van der Waals surface area contributed by atoms with Gasteiger partial charge in [-0.2, -0.15) is 101 Å². The molecular weight excluding hydrogens is 1270 g/mol. The first-order valence-corrected chi connectivity index (χ1v) is 33.2. The Hall–Kier alpha value is -0.300. The molecule has 0 spiro atoms. The van der Waals surface area contributed by atoms with Crippen LogP contribution in [-0.2, 0) is 146 Å². The van der Waals surface area contributed by atoms with Crippen LogP contribution < -0.4 is 29.6 Å². The van der Waals surface area contributed by atoms with Gasteiger partial charge < -0.3 is 4.55 Å². The minimum absolute atomic E-state index is 0. The van der Waals surface area contributed by atoms with Crippen molar-refractivity contribution in [3.8, 4) is 0 Å². The second-order valence-corrected chi connectivity index (χ2v) is 24.7. The topological polar surface area (TPSA) is 639 Å². The van der Waals surface area contributed by atoms with Crippen molar-refractivity contribution in [2.45, 2.75) is 152 Å². The molecule has 0 fully saturated rings. The SMILES string of the molecule is CCCCCCCCCCCCCCCCCCCC(OS(=O)(=O)O)C(OS(=O)(=O)O)(OS(=O)(=O)O)C(OS(=O)(=O)[O-])(OS(=O)(=O)O)C(OS(=O)(=O)O)(OS(=O)(=O)O)C(OS(=O)(=O)O)(OS(=O)(=O)O)OS(=O)(=O)O.[Na+]. The van der Waals surface area contributed by atoms with E-state index in [-0.39, 0.29) is 42.4 Å². The van der Waals surface area contributed by atoms with E-state index in [0.29, 0.717) is 19.3 Å². The quantitative estimate of drug-likeness (QED) is 0.00924. The van der Waals surface area contributed by atoms with Crippen molar-refractivity contribution < 1.29 is 201 Å². The first kappa shape index (κ1) is 76.8. The first-order chi connectivity index (χ1) is 32.8. The smallest absolute Gasteiger partial charge is 0.725 e. The fourth-order valence-corrected chi connectivity index (χ4v) is 11.8. The van der Waals surface area contributed by atoms with Crippen molar-refractivity contribution >= 4 is 104 Å². The largest absolute Gasteiger partial charge is 1.00 e. The van der Waals surface area contributed by atoms with Gasteiger partial charge in [0.15, 0.2) is 0 Å². The van der Waals surface area contributed by atoms with Gasteiger partial charge >= 0.3 is 141 Å². The number of hydrogen-bond acceptors (Lipinski definition) is 31. The van der Waals surface area contributed by atoms with E-state index in [1.807, 2.05) is 0 Å². The summed E-state index contributed by atoms with van der Waals surface area (Å²) in [6, 6.07) is 0. The van der Waals surface area contributed by atoms with Crippen LogP contribution >= 0.6 is 0 Å². The van der Waals surface area contributed by atoms with E-state index in [1.165, 1.54) is 0 Å². The van der Waals surface area contributed by atoms with Crippen LogP contribution in [0.25, 0.3) is 0 Å². The second kappa shape index (κ2) is 29.6. The van der Waals surface area contributed by atoms with Crippen molar-refractivity contribution in [3.05, 3.63) is 0 Å². The summed E-state index contributed by atoms with van der Waals surface area (Å²) in [7, 11) is -78.6. The zero-order valence-electron chi connectivity index (χ0n) is 38.1. The molecule has 0 aliphatic heterocycles. The van der Waals surface area contributed by atoms with Crippen molar-refractivity contribution in [3.63, 3.8) is 0 Å². The monoisotopic (exact) mass is 1320 g/mol. The number of hydrogen-bond donors (Lipinski definition) is 9. The maximum Gasteiger partial charge on any atom is 1.00 e. The molecule has 0 amide bonds. The summed E-state index contributed by atoms with van der Waals surface area (Å²) >= 11 is 0. The zero-order valence-corrected chi connectivity index (χ0v) is 48.2. The summed E-state index contributed by atoms with van der Waals surface area (Å²) in [6.07, 6.45) is 2.18. The molecule has 40 nitrogen and oxygen atoms in total. The molecule has 0 rings (SSSR count). The van der Waals surface area contributed by atoms with Crippen LogP contribution in [0.2, 0.25) is 0 Å². The summed E-state index contributed by atoms with van der Waals surface area (Å²) < 4.78 is 385. The third-order valence-corrected chi connectivity index (χ3v) is 13.0.